The van der Waals surface area contributed by atoms with Gasteiger partial charge < -0.3 is 27.4 Å². The lowest BCUT2D eigenvalue weighted by Gasteiger charge is -2.01. The molecule has 8 nitrogen and oxygen atoms in total. The van der Waals surface area contributed by atoms with Gasteiger partial charge in [-0.25, -0.2) is 4.79 Å². The molecule has 0 aromatic heterocycles. The molecular formula is C6H13N3O5. The molecule has 0 aliphatic carbocycles. The van der Waals surface area contributed by atoms with Crippen molar-refractivity contribution in [1.82, 2.24) is 0 Å². The van der Waals surface area contributed by atoms with E-state index >= 15 is 0 Å². The van der Waals surface area contributed by atoms with Crippen molar-refractivity contribution in [2.45, 2.75) is 18.9 Å². The summed E-state index contributed by atoms with van der Waals surface area (Å²) in [6.07, 6.45) is -0.224. The second-order valence-corrected chi connectivity index (χ2v) is 2.28. The fraction of sp³-hybridized carbons (Fsp3) is 0.500. The minimum absolute atomic E-state index is 0.0231. The first kappa shape index (κ1) is 14.7. The number of primary amides is 2. The average Bonchev–Trinajstić information content (AvgIpc) is 1.98. The molecule has 0 saturated heterocycles. The lowest BCUT2D eigenvalue weighted by atomic mass is 10.2. The summed E-state index contributed by atoms with van der Waals surface area (Å²) in [4.78, 5) is 28.9. The number of rotatable bonds is 4. The normalized spacial score (nSPS) is 10.6. The van der Waals surface area contributed by atoms with Crippen LogP contribution in [0, 0.1) is 0 Å². The monoisotopic (exact) mass is 207 g/mol. The standard InChI is InChI=1S/C5H9NO4.CH4N2O/c6-3(5(9)10)1-2-4(7)8;2-1(3)4/h3H,1-2,6H2,(H,7,8)(H,9,10);(H4,2,3,4)/t3-;/m0./s1. The number of hydrogen-bond donors (Lipinski definition) is 5. The SMILES string of the molecule is NC(N)=O.N[C@@H](CCC(=O)O)C(=O)O. The third-order valence-corrected chi connectivity index (χ3v) is 0.986. The molecule has 0 aromatic rings. The van der Waals surface area contributed by atoms with Crippen LogP contribution in [0.5, 0.6) is 0 Å². The molecule has 0 fully saturated rings. The summed E-state index contributed by atoms with van der Waals surface area (Å²) in [6, 6.07) is -1.89. The third kappa shape index (κ3) is 16.6. The number of hydrogen-bond acceptors (Lipinski definition) is 4. The van der Waals surface area contributed by atoms with E-state index in [4.69, 9.17) is 20.7 Å². The summed E-state index contributed by atoms with van der Waals surface area (Å²) < 4.78 is 0. The summed E-state index contributed by atoms with van der Waals surface area (Å²) >= 11 is 0. The van der Waals surface area contributed by atoms with Gasteiger partial charge in [0.15, 0.2) is 0 Å². The molecule has 8 heteroatoms. The second-order valence-electron chi connectivity index (χ2n) is 2.28. The van der Waals surface area contributed by atoms with Gasteiger partial charge in [-0.3, -0.25) is 9.59 Å². The molecule has 0 aliphatic heterocycles. The van der Waals surface area contributed by atoms with Crippen LogP contribution in [0.2, 0.25) is 0 Å². The summed E-state index contributed by atoms with van der Waals surface area (Å²) in [6.45, 7) is 0. The maximum Gasteiger partial charge on any atom is 0.320 e. The molecule has 0 bridgehead atoms. The van der Waals surface area contributed by atoms with Gasteiger partial charge in [0.05, 0.1) is 0 Å². The lowest BCUT2D eigenvalue weighted by Crippen LogP contribution is -2.30. The van der Waals surface area contributed by atoms with Crippen molar-refractivity contribution in [2.75, 3.05) is 0 Å². The van der Waals surface area contributed by atoms with E-state index in [1.807, 2.05) is 0 Å². The summed E-state index contributed by atoms with van der Waals surface area (Å²) in [5.41, 5.74) is 13.5. The van der Waals surface area contributed by atoms with Crippen LogP contribution in [0.25, 0.3) is 0 Å². The van der Waals surface area contributed by atoms with Crippen molar-refractivity contribution >= 4 is 18.0 Å². The Morgan fingerprint density at radius 2 is 1.50 bits per heavy atom. The van der Waals surface area contributed by atoms with Gasteiger partial charge in [-0.2, -0.15) is 0 Å². The van der Waals surface area contributed by atoms with Crippen LogP contribution in [0.4, 0.5) is 4.79 Å². The predicted octanol–water partition coefficient (Wildman–Crippen LogP) is -1.71. The van der Waals surface area contributed by atoms with Crippen molar-refractivity contribution < 1.29 is 24.6 Å². The first-order valence-corrected chi connectivity index (χ1v) is 3.52. The number of urea groups is 1. The summed E-state index contributed by atoms with van der Waals surface area (Å²) in [5, 5.41) is 16.3. The number of carboxylic acids is 2. The number of carboxylic acid groups (broad SMARTS) is 2. The minimum atomic E-state index is -1.17. The van der Waals surface area contributed by atoms with E-state index in [1.54, 1.807) is 0 Å². The first-order valence-electron chi connectivity index (χ1n) is 3.52. The number of carbonyl (C=O) groups excluding carboxylic acids is 1. The van der Waals surface area contributed by atoms with Gasteiger partial charge in [0.2, 0.25) is 0 Å². The number of carbonyl (C=O) groups is 3. The molecule has 0 saturated carbocycles. The van der Waals surface area contributed by atoms with Crippen LogP contribution in [0.15, 0.2) is 0 Å². The van der Waals surface area contributed by atoms with Crippen molar-refractivity contribution in [1.29, 1.82) is 0 Å². The highest BCUT2D eigenvalue weighted by atomic mass is 16.4. The Bertz CT molecular complexity index is 214. The van der Waals surface area contributed by atoms with Crippen LogP contribution in [-0.4, -0.2) is 34.2 Å². The van der Waals surface area contributed by atoms with Gasteiger partial charge in [0.25, 0.3) is 0 Å². The zero-order valence-corrected chi connectivity index (χ0v) is 7.34. The highest BCUT2D eigenvalue weighted by Gasteiger charge is 2.12. The maximum absolute atomic E-state index is 9.99. The fourth-order valence-corrected chi connectivity index (χ4v) is 0.402. The van der Waals surface area contributed by atoms with E-state index in [1.165, 1.54) is 0 Å². The highest BCUT2D eigenvalue weighted by Crippen LogP contribution is 1.93. The van der Waals surface area contributed by atoms with Crippen LogP contribution >= 0.6 is 0 Å². The Morgan fingerprint density at radius 1 is 1.14 bits per heavy atom. The molecule has 0 aliphatic rings. The maximum atomic E-state index is 9.99. The Balaban J connectivity index is 0. The Hall–Kier alpha value is -1.83. The molecule has 2 amide bonds. The molecule has 0 rings (SSSR count). The van der Waals surface area contributed by atoms with Crippen LogP contribution in [0.3, 0.4) is 0 Å². The van der Waals surface area contributed by atoms with E-state index < -0.39 is 24.0 Å². The zero-order valence-electron chi connectivity index (χ0n) is 7.34. The van der Waals surface area contributed by atoms with Gasteiger partial charge >= 0.3 is 18.0 Å². The predicted molar refractivity (Wildman–Crippen MR) is 46.3 cm³/mol. The van der Waals surface area contributed by atoms with Crippen LogP contribution in [-0.2, 0) is 9.59 Å². The van der Waals surface area contributed by atoms with Crippen molar-refractivity contribution in [3.05, 3.63) is 0 Å². The molecule has 14 heavy (non-hydrogen) atoms. The second kappa shape index (κ2) is 7.80. The fourth-order valence-electron chi connectivity index (χ4n) is 0.402. The largest absolute Gasteiger partial charge is 0.481 e. The van der Waals surface area contributed by atoms with Gasteiger partial charge in [-0.05, 0) is 6.42 Å². The van der Waals surface area contributed by atoms with Gasteiger partial charge in [-0.15, -0.1) is 0 Å². The molecule has 0 aromatic carbocycles. The lowest BCUT2D eigenvalue weighted by molar-refractivity contribution is -0.139. The summed E-state index contributed by atoms with van der Waals surface area (Å²) in [5.74, 6) is -2.20. The third-order valence-electron chi connectivity index (χ3n) is 0.986. The number of amides is 2. The van der Waals surface area contributed by atoms with Gasteiger partial charge in [-0.1, -0.05) is 0 Å². The molecular weight excluding hydrogens is 194 g/mol. The molecule has 0 spiro atoms. The average molecular weight is 207 g/mol. The topological polar surface area (TPSA) is 170 Å². The molecule has 82 valence electrons. The number of aliphatic carboxylic acids is 2. The smallest absolute Gasteiger partial charge is 0.320 e. The van der Waals surface area contributed by atoms with E-state index in [-0.39, 0.29) is 12.8 Å². The highest BCUT2D eigenvalue weighted by molar-refractivity contribution is 5.74. The molecule has 1 atom stereocenters. The molecule has 8 N–H and O–H groups in total. The minimum Gasteiger partial charge on any atom is -0.481 e. The number of nitrogens with two attached hydrogens (primary N) is 3. The van der Waals surface area contributed by atoms with E-state index in [2.05, 4.69) is 11.5 Å². The van der Waals surface area contributed by atoms with Gasteiger partial charge in [0, 0.05) is 6.42 Å². The molecule has 0 radical (unpaired) electrons. The zero-order chi connectivity index (χ0) is 11.7. The van der Waals surface area contributed by atoms with Crippen LogP contribution in [0.1, 0.15) is 12.8 Å². The molecule has 0 heterocycles. The van der Waals surface area contributed by atoms with Crippen LogP contribution < -0.4 is 17.2 Å². The van der Waals surface area contributed by atoms with Crippen molar-refractivity contribution in [2.24, 2.45) is 17.2 Å². The molecule has 0 unspecified atom stereocenters. The van der Waals surface area contributed by atoms with E-state index in [0.29, 0.717) is 0 Å². The quantitative estimate of drug-likeness (QED) is 0.367. The Morgan fingerprint density at radius 3 is 1.71 bits per heavy atom. The first-order chi connectivity index (χ1) is 6.27. The van der Waals surface area contributed by atoms with Crippen molar-refractivity contribution in [3.8, 4) is 0 Å². The summed E-state index contributed by atoms with van der Waals surface area (Å²) in [7, 11) is 0. The Labute approximate surface area is 79.7 Å². The van der Waals surface area contributed by atoms with Gasteiger partial charge in [0.1, 0.15) is 6.04 Å². The van der Waals surface area contributed by atoms with E-state index in [9.17, 15) is 9.59 Å². The van der Waals surface area contributed by atoms with E-state index in [0.717, 1.165) is 0 Å². The van der Waals surface area contributed by atoms with Crippen molar-refractivity contribution in [3.63, 3.8) is 0 Å². The Kier molecular flexibility index (Phi) is 8.18.